The van der Waals surface area contributed by atoms with E-state index < -0.39 is 16.1 Å². The molecule has 2 rings (SSSR count). The van der Waals surface area contributed by atoms with Crippen LogP contribution in [0.5, 0.6) is 0 Å². The third-order valence-electron chi connectivity index (χ3n) is 5.94. The maximum atomic E-state index is 13.5. The van der Waals surface area contributed by atoms with E-state index in [-0.39, 0.29) is 30.8 Å². The molecule has 0 unspecified atom stereocenters. The molecule has 7 nitrogen and oxygen atoms in total. The number of sulfonamides is 1. The fourth-order valence-corrected chi connectivity index (χ4v) is 5.24. The molecule has 2 aromatic carbocycles. The summed E-state index contributed by atoms with van der Waals surface area (Å²) in [6.07, 6.45) is 2.13. The van der Waals surface area contributed by atoms with Gasteiger partial charge in [-0.05, 0) is 76.3 Å². The quantitative estimate of drug-likeness (QED) is 0.451. The molecule has 2 amide bonds. The average molecular weight is 516 g/mol. The van der Waals surface area contributed by atoms with Crippen LogP contribution in [0.25, 0.3) is 0 Å². The van der Waals surface area contributed by atoms with Crippen molar-refractivity contribution in [2.24, 2.45) is 0 Å². The summed E-state index contributed by atoms with van der Waals surface area (Å²) in [6.45, 7) is 12.0. The van der Waals surface area contributed by atoms with Gasteiger partial charge in [0.25, 0.3) is 0 Å². The summed E-state index contributed by atoms with van der Waals surface area (Å²) >= 11 is 0. The predicted molar refractivity (Wildman–Crippen MR) is 146 cm³/mol. The molecule has 0 spiro atoms. The Morgan fingerprint density at radius 2 is 1.53 bits per heavy atom. The monoisotopic (exact) mass is 515 g/mol. The Kier molecular flexibility index (Phi) is 10.5. The third kappa shape index (κ3) is 8.66. The maximum Gasteiger partial charge on any atom is 0.243 e. The molecule has 0 fully saturated rings. The number of nitrogens with zero attached hydrogens (tertiary/aromatic N) is 2. The highest BCUT2D eigenvalue weighted by Crippen LogP contribution is 2.22. The number of hydrogen-bond donors (Lipinski definition) is 1. The Hall–Kier alpha value is -2.87. The molecule has 0 saturated heterocycles. The zero-order valence-electron chi connectivity index (χ0n) is 22.7. The van der Waals surface area contributed by atoms with Crippen molar-refractivity contribution in [1.29, 1.82) is 0 Å². The molecule has 0 aromatic heterocycles. The summed E-state index contributed by atoms with van der Waals surface area (Å²) in [7, 11) is -3.53. The van der Waals surface area contributed by atoms with Gasteiger partial charge in [0.2, 0.25) is 21.8 Å². The van der Waals surface area contributed by atoms with E-state index in [1.165, 1.54) is 10.6 Å². The molecule has 0 aliphatic carbocycles. The lowest BCUT2D eigenvalue weighted by Gasteiger charge is -2.31. The van der Waals surface area contributed by atoms with E-state index in [0.29, 0.717) is 25.1 Å². The van der Waals surface area contributed by atoms with Crippen LogP contribution in [0, 0.1) is 20.8 Å². The van der Waals surface area contributed by atoms with Crippen molar-refractivity contribution in [3.05, 3.63) is 64.7 Å². The van der Waals surface area contributed by atoms with E-state index in [1.54, 1.807) is 4.90 Å². The number of aryl methyl sites for hydroxylation is 3. The number of carbonyl (C=O) groups is 2. The molecule has 2 aromatic rings. The van der Waals surface area contributed by atoms with Crippen LogP contribution in [0.4, 0.5) is 5.69 Å². The van der Waals surface area contributed by atoms with Gasteiger partial charge < -0.3 is 10.2 Å². The van der Waals surface area contributed by atoms with Gasteiger partial charge in [0.15, 0.2) is 0 Å². The lowest BCUT2D eigenvalue weighted by molar-refractivity contribution is -0.141. The van der Waals surface area contributed by atoms with Gasteiger partial charge in [0.05, 0.1) is 11.9 Å². The number of rotatable bonds is 12. The highest BCUT2D eigenvalue weighted by atomic mass is 32.2. The van der Waals surface area contributed by atoms with E-state index in [1.807, 2.05) is 84.0 Å². The van der Waals surface area contributed by atoms with Gasteiger partial charge >= 0.3 is 0 Å². The van der Waals surface area contributed by atoms with E-state index >= 15 is 0 Å². The van der Waals surface area contributed by atoms with Gasteiger partial charge in [-0.2, -0.15) is 0 Å². The van der Waals surface area contributed by atoms with Crippen molar-refractivity contribution >= 4 is 27.5 Å². The summed E-state index contributed by atoms with van der Waals surface area (Å²) in [5.74, 6) is -0.351. The van der Waals surface area contributed by atoms with Crippen LogP contribution in [0.2, 0.25) is 0 Å². The molecule has 198 valence electrons. The van der Waals surface area contributed by atoms with Crippen LogP contribution in [0.3, 0.4) is 0 Å². The molecule has 36 heavy (non-hydrogen) atoms. The van der Waals surface area contributed by atoms with Gasteiger partial charge in [0.1, 0.15) is 6.04 Å². The van der Waals surface area contributed by atoms with Crippen LogP contribution in [0.15, 0.2) is 42.5 Å². The smallest absolute Gasteiger partial charge is 0.243 e. The summed E-state index contributed by atoms with van der Waals surface area (Å²) in [5, 5.41) is 2.93. The number of nitrogens with one attached hydrogen (secondary N) is 1. The largest absolute Gasteiger partial charge is 0.352 e. The van der Waals surface area contributed by atoms with Crippen LogP contribution in [-0.2, 0) is 26.2 Å². The van der Waals surface area contributed by atoms with Crippen molar-refractivity contribution in [3.63, 3.8) is 0 Å². The molecular formula is C28H41N3O4S. The molecule has 0 bridgehead atoms. The Morgan fingerprint density at radius 3 is 2.03 bits per heavy atom. The molecule has 0 aliphatic rings. The van der Waals surface area contributed by atoms with Crippen LogP contribution in [-0.4, -0.2) is 50.0 Å². The second kappa shape index (κ2) is 12.9. The Morgan fingerprint density at radius 1 is 0.944 bits per heavy atom. The van der Waals surface area contributed by atoms with Gasteiger partial charge in [-0.15, -0.1) is 0 Å². The van der Waals surface area contributed by atoms with Gasteiger partial charge in [-0.3, -0.25) is 13.9 Å². The van der Waals surface area contributed by atoms with Crippen LogP contribution in [0.1, 0.15) is 62.3 Å². The maximum absolute atomic E-state index is 13.5. The topological polar surface area (TPSA) is 86.8 Å². The number of carbonyl (C=O) groups excluding carboxylic acids is 2. The molecule has 0 saturated carbocycles. The highest BCUT2D eigenvalue weighted by molar-refractivity contribution is 7.92. The Labute approximate surface area is 216 Å². The number of anilines is 1. The fraction of sp³-hybridized carbons (Fsp3) is 0.500. The van der Waals surface area contributed by atoms with Crippen molar-refractivity contribution in [2.45, 2.75) is 79.4 Å². The number of benzene rings is 2. The van der Waals surface area contributed by atoms with Crippen molar-refractivity contribution in [2.75, 3.05) is 17.1 Å². The molecule has 1 atom stereocenters. The first kappa shape index (κ1) is 29.4. The zero-order chi connectivity index (χ0) is 27.0. The van der Waals surface area contributed by atoms with Crippen LogP contribution >= 0.6 is 0 Å². The number of hydrogen-bond acceptors (Lipinski definition) is 4. The van der Waals surface area contributed by atoms with E-state index in [4.69, 9.17) is 0 Å². The van der Waals surface area contributed by atoms with Crippen molar-refractivity contribution < 1.29 is 18.0 Å². The van der Waals surface area contributed by atoms with E-state index in [0.717, 1.165) is 22.3 Å². The second-order valence-electron chi connectivity index (χ2n) is 9.88. The summed E-state index contributed by atoms with van der Waals surface area (Å²) in [5.41, 5.74) is 4.61. The normalized spacial score (nSPS) is 12.3. The van der Waals surface area contributed by atoms with Crippen molar-refractivity contribution in [1.82, 2.24) is 10.2 Å². The molecule has 1 N–H and O–H groups in total. The van der Waals surface area contributed by atoms with Crippen molar-refractivity contribution in [3.8, 4) is 0 Å². The lowest BCUT2D eigenvalue weighted by Crippen LogP contribution is -2.50. The Bertz CT molecular complexity index is 1120. The third-order valence-corrected chi connectivity index (χ3v) is 7.13. The first-order valence-electron chi connectivity index (χ1n) is 12.5. The summed E-state index contributed by atoms with van der Waals surface area (Å²) in [6, 6.07) is 12.9. The summed E-state index contributed by atoms with van der Waals surface area (Å²) in [4.78, 5) is 28.0. The summed E-state index contributed by atoms with van der Waals surface area (Å²) < 4.78 is 26.5. The fourth-order valence-electron chi connectivity index (χ4n) is 4.29. The van der Waals surface area contributed by atoms with Gasteiger partial charge in [-0.25, -0.2) is 8.42 Å². The van der Waals surface area contributed by atoms with E-state index in [9.17, 15) is 18.0 Å². The second-order valence-corrected chi connectivity index (χ2v) is 11.8. The molecular weight excluding hydrogens is 474 g/mol. The van der Waals surface area contributed by atoms with Crippen LogP contribution < -0.4 is 9.62 Å². The number of amides is 2. The SMILES string of the molecule is CC[C@@H](C(=O)NC(C)C)N(Cc1ccc(C)cc1)C(=O)CCCN(c1cc(C)cc(C)c1)S(C)(=O)=O. The molecule has 0 aliphatic heterocycles. The minimum absolute atomic E-state index is 0.0380. The minimum atomic E-state index is -3.53. The molecule has 0 heterocycles. The first-order chi connectivity index (χ1) is 16.8. The highest BCUT2D eigenvalue weighted by Gasteiger charge is 2.29. The standard InChI is InChI=1S/C28H41N3O4S/c1-8-26(28(33)29-20(2)3)30(19-24-13-11-21(4)12-14-24)27(32)10-9-15-31(36(7,34)35)25-17-22(5)16-23(6)18-25/h11-14,16-18,20,26H,8-10,15,19H2,1-7H3,(H,29,33)/t26-/m0/s1. The minimum Gasteiger partial charge on any atom is -0.352 e. The average Bonchev–Trinajstić information content (AvgIpc) is 2.75. The van der Waals surface area contributed by atoms with Gasteiger partial charge in [-0.1, -0.05) is 42.8 Å². The van der Waals surface area contributed by atoms with Gasteiger partial charge in [0, 0.05) is 25.6 Å². The predicted octanol–water partition coefficient (Wildman–Crippen LogP) is 4.49. The first-order valence-corrected chi connectivity index (χ1v) is 14.4. The van der Waals surface area contributed by atoms with E-state index in [2.05, 4.69) is 5.32 Å². The zero-order valence-corrected chi connectivity index (χ0v) is 23.5. The molecule has 8 heteroatoms. The lowest BCUT2D eigenvalue weighted by atomic mass is 10.1. The Balaban J connectivity index is 2.23. The molecule has 0 radical (unpaired) electrons.